The molecule has 522 valence electrons. The summed E-state index contributed by atoms with van der Waals surface area (Å²) in [6, 6.07) is 0. The molecular weight excluding hydrogens is 1160 g/mol. The Morgan fingerprint density at radius 1 is 0.307 bits per heavy atom. The second-order valence-corrected chi connectivity index (χ2v) is 29.3. The minimum Gasteiger partial charge on any atom is -0.462 e. The van der Waals surface area contributed by atoms with Gasteiger partial charge in [-0.25, -0.2) is 9.13 Å². The van der Waals surface area contributed by atoms with Crippen LogP contribution in [0.15, 0.2) is 0 Å². The van der Waals surface area contributed by atoms with Crippen LogP contribution in [0.2, 0.25) is 0 Å². The zero-order valence-electron chi connectivity index (χ0n) is 57.2. The van der Waals surface area contributed by atoms with E-state index in [0.29, 0.717) is 43.4 Å². The van der Waals surface area contributed by atoms with Gasteiger partial charge in [0.25, 0.3) is 0 Å². The van der Waals surface area contributed by atoms with Crippen LogP contribution < -0.4 is 0 Å². The van der Waals surface area contributed by atoms with Gasteiger partial charge in [-0.05, 0) is 43.4 Å². The molecule has 0 aromatic heterocycles. The Kier molecular flexibility index (Phi) is 58.7. The Hall–Kier alpha value is -1.94. The van der Waals surface area contributed by atoms with E-state index < -0.39 is 97.5 Å². The van der Waals surface area contributed by atoms with E-state index in [0.717, 1.165) is 103 Å². The number of esters is 4. The van der Waals surface area contributed by atoms with Crippen molar-refractivity contribution in [1.82, 2.24) is 0 Å². The van der Waals surface area contributed by atoms with E-state index in [9.17, 15) is 43.2 Å². The van der Waals surface area contributed by atoms with Crippen LogP contribution >= 0.6 is 15.6 Å². The molecule has 0 aromatic carbocycles. The van der Waals surface area contributed by atoms with Crippen LogP contribution in [-0.4, -0.2) is 96.7 Å². The zero-order chi connectivity index (χ0) is 65.2. The normalized spacial score (nSPS) is 14.2. The van der Waals surface area contributed by atoms with Gasteiger partial charge in [0.05, 0.1) is 26.4 Å². The molecular formula is C69H134O17P2. The fourth-order valence-electron chi connectivity index (χ4n) is 10.4. The van der Waals surface area contributed by atoms with Gasteiger partial charge in [-0.1, -0.05) is 292 Å². The maximum absolute atomic E-state index is 13.0. The first-order chi connectivity index (χ1) is 42.2. The van der Waals surface area contributed by atoms with E-state index in [-0.39, 0.29) is 25.7 Å². The minimum absolute atomic E-state index is 0.102. The van der Waals surface area contributed by atoms with E-state index >= 15 is 0 Å². The van der Waals surface area contributed by atoms with Gasteiger partial charge in [-0.15, -0.1) is 0 Å². The summed E-state index contributed by atoms with van der Waals surface area (Å²) in [6.07, 6.45) is 43.4. The van der Waals surface area contributed by atoms with Crippen LogP contribution in [0.1, 0.15) is 344 Å². The monoisotopic (exact) mass is 1300 g/mol. The molecule has 0 aliphatic rings. The van der Waals surface area contributed by atoms with Gasteiger partial charge in [0.1, 0.15) is 19.3 Å². The third kappa shape index (κ3) is 62.8. The highest BCUT2D eigenvalue weighted by Gasteiger charge is 2.30. The number of hydrogen-bond acceptors (Lipinski definition) is 15. The van der Waals surface area contributed by atoms with Crippen molar-refractivity contribution in [1.29, 1.82) is 0 Å². The highest BCUT2D eigenvalue weighted by Crippen LogP contribution is 2.45. The van der Waals surface area contributed by atoms with E-state index in [1.165, 1.54) is 141 Å². The van der Waals surface area contributed by atoms with Crippen molar-refractivity contribution in [2.45, 2.75) is 362 Å². The third-order valence-corrected chi connectivity index (χ3v) is 17.8. The molecule has 0 saturated carbocycles. The Labute approximate surface area is 537 Å². The average Bonchev–Trinajstić information content (AvgIpc) is 3.60. The molecule has 0 aliphatic heterocycles. The number of phosphoric ester groups is 2. The summed E-state index contributed by atoms with van der Waals surface area (Å²) < 4.78 is 68.2. The molecule has 3 N–H and O–H groups in total. The summed E-state index contributed by atoms with van der Waals surface area (Å²) in [4.78, 5) is 72.4. The molecule has 0 heterocycles. The lowest BCUT2D eigenvalue weighted by atomic mass is 10.0. The quantitative estimate of drug-likeness (QED) is 0.0222. The SMILES string of the molecule is CCCCCCCCCCCCCCCCCCCCC(=O)O[C@H](COC(=O)CCCCCCCCCC(C)C)COP(=O)(O)OC[C@@H](O)COP(=O)(O)OC[C@@H](COC(=O)CCCCCCCCCC(C)C)OC(=O)CCCCCCCCCC(C)C. The van der Waals surface area contributed by atoms with Crippen molar-refractivity contribution in [2.75, 3.05) is 39.6 Å². The first kappa shape index (κ1) is 86.1. The van der Waals surface area contributed by atoms with Gasteiger partial charge in [-0.3, -0.25) is 37.3 Å². The summed E-state index contributed by atoms with van der Waals surface area (Å²) in [5, 5.41) is 10.6. The summed E-state index contributed by atoms with van der Waals surface area (Å²) >= 11 is 0. The number of phosphoric acid groups is 2. The molecule has 19 heteroatoms. The maximum atomic E-state index is 13.0. The lowest BCUT2D eigenvalue weighted by Gasteiger charge is -2.21. The van der Waals surface area contributed by atoms with Crippen LogP contribution in [0, 0.1) is 17.8 Å². The minimum atomic E-state index is -4.95. The largest absolute Gasteiger partial charge is 0.472 e. The van der Waals surface area contributed by atoms with Crippen molar-refractivity contribution >= 4 is 39.5 Å². The average molecular weight is 1300 g/mol. The number of aliphatic hydroxyl groups is 1. The van der Waals surface area contributed by atoms with Crippen molar-refractivity contribution in [3.05, 3.63) is 0 Å². The molecule has 88 heavy (non-hydrogen) atoms. The second-order valence-electron chi connectivity index (χ2n) is 26.3. The first-order valence-corrected chi connectivity index (χ1v) is 38.8. The molecule has 0 spiro atoms. The summed E-state index contributed by atoms with van der Waals surface area (Å²) in [7, 11) is -9.90. The van der Waals surface area contributed by atoms with Crippen LogP contribution in [0.25, 0.3) is 0 Å². The molecule has 0 aromatic rings. The van der Waals surface area contributed by atoms with E-state index in [1.54, 1.807) is 0 Å². The van der Waals surface area contributed by atoms with Gasteiger partial charge in [0.15, 0.2) is 12.2 Å². The standard InChI is InChI=1S/C69H134O17P2/c1-8-9-10-11-12-13-14-15-16-17-18-19-20-21-22-29-38-45-52-68(73)85-64(56-79-66(71)50-43-36-30-23-26-33-40-47-60(2)3)58-83-87(75,76)81-54-63(70)55-82-88(77,78)84-59-65(86-69(74)53-46-39-32-25-28-35-42-49-62(6)7)57-80-67(72)51-44-37-31-24-27-34-41-48-61(4)5/h60-65,70H,8-59H2,1-7H3,(H,75,76)(H,77,78)/t63-,64-,65-/m1/s1. The van der Waals surface area contributed by atoms with Crippen LogP contribution in [-0.2, 0) is 65.4 Å². The predicted octanol–water partition coefficient (Wildman–Crippen LogP) is 19.5. The number of carbonyl (C=O) groups excluding carboxylic acids is 4. The van der Waals surface area contributed by atoms with Crippen molar-refractivity contribution < 1.29 is 80.2 Å². The molecule has 0 saturated heterocycles. The molecule has 0 amide bonds. The highest BCUT2D eigenvalue weighted by atomic mass is 31.2. The summed E-state index contributed by atoms with van der Waals surface area (Å²) in [5.74, 6) is -0.0268. The maximum Gasteiger partial charge on any atom is 0.472 e. The molecule has 0 aliphatic carbocycles. The number of ether oxygens (including phenoxy) is 4. The number of hydrogen-bond donors (Lipinski definition) is 3. The van der Waals surface area contributed by atoms with Crippen molar-refractivity contribution in [3.8, 4) is 0 Å². The van der Waals surface area contributed by atoms with E-state index in [1.807, 2.05) is 0 Å². The van der Waals surface area contributed by atoms with Crippen molar-refractivity contribution in [2.24, 2.45) is 17.8 Å². The summed E-state index contributed by atoms with van der Waals surface area (Å²) in [5.41, 5.74) is 0. The van der Waals surface area contributed by atoms with Crippen molar-refractivity contribution in [3.63, 3.8) is 0 Å². The molecule has 17 nitrogen and oxygen atoms in total. The molecule has 0 fully saturated rings. The lowest BCUT2D eigenvalue weighted by Crippen LogP contribution is -2.30. The molecule has 0 bridgehead atoms. The number of unbranched alkanes of at least 4 members (excludes halogenated alkanes) is 35. The molecule has 0 radical (unpaired) electrons. The van der Waals surface area contributed by atoms with E-state index in [2.05, 4.69) is 48.5 Å². The fraction of sp³-hybridized carbons (Fsp3) is 0.942. The Morgan fingerprint density at radius 2 is 0.523 bits per heavy atom. The third-order valence-electron chi connectivity index (χ3n) is 15.9. The van der Waals surface area contributed by atoms with E-state index in [4.69, 9.17) is 37.0 Å². The van der Waals surface area contributed by atoms with Gasteiger partial charge in [-0.2, -0.15) is 0 Å². The first-order valence-electron chi connectivity index (χ1n) is 35.8. The number of carbonyl (C=O) groups is 4. The fourth-order valence-corrected chi connectivity index (χ4v) is 11.9. The van der Waals surface area contributed by atoms with Crippen LogP contribution in [0.5, 0.6) is 0 Å². The van der Waals surface area contributed by atoms with Crippen LogP contribution in [0.4, 0.5) is 0 Å². The summed E-state index contributed by atoms with van der Waals surface area (Å²) in [6.45, 7) is 11.7. The predicted molar refractivity (Wildman–Crippen MR) is 354 cm³/mol. The topological polar surface area (TPSA) is 237 Å². The Morgan fingerprint density at radius 3 is 0.773 bits per heavy atom. The number of aliphatic hydroxyl groups excluding tert-OH is 1. The molecule has 5 atom stereocenters. The second kappa shape index (κ2) is 60.0. The van der Waals surface area contributed by atoms with Gasteiger partial charge >= 0.3 is 39.5 Å². The van der Waals surface area contributed by atoms with Gasteiger partial charge in [0.2, 0.25) is 0 Å². The van der Waals surface area contributed by atoms with Gasteiger partial charge < -0.3 is 33.8 Å². The Balaban J connectivity index is 5.20. The smallest absolute Gasteiger partial charge is 0.462 e. The molecule has 0 rings (SSSR count). The zero-order valence-corrected chi connectivity index (χ0v) is 59.0. The molecule has 2 unspecified atom stereocenters. The van der Waals surface area contributed by atoms with Crippen LogP contribution in [0.3, 0.4) is 0 Å². The Bertz CT molecular complexity index is 1730. The van der Waals surface area contributed by atoms with Gasteiger partial charge in [0, 0.05) is 25.7 Å². The number of rotatable bonds is 67. The lowest BCUT2D eigenvalue weighted by molar-refractivity contribution is -0.161. The highest BCUT2D eigenvalue weighted by molar-refractivity contribution is 7.47.